The lowest BCUT2D eigenvalue weighted by Crippen LogP contribution is -2.45. The molecule has 0 amide bonds. The standard InChI is InChI=1S/C9H18N2S/c1-7-4-3-5-11(8(7)2)6-9(10)12/h7-8H,3-6H2,1-2H3,(H2,10,12). The van der Waals surface area contributed by atoms with Gasteiger partial charge in [0.2, 0.25) is 0 Å². The fraction of sp³-hybridized carbons (Fsp3) is 0.889. The van der Waals surface area contributed by atoms with Crippen molar-refractivity contribution in [1.82, 2.24) is 4.90 Å². The van der Waals surface area contributed by atoms with Crippen LogP contribution in [0.15, 0.2) is 0 Å². The van der Waals surface area contributed by atoms with E-state index in [1.165, 1.54) is 12.8 Å². The molecule has 0 spiro atoms. The van der Waals surface area contributed by atoms with E-state index in [1.54, 1.807) is 0 Å². The Morgan fingerprint density at radius 3 is 2.83 bits per heavy atom. The number of hydrogen-bond acceptors (Lipinski definition) is 2. The summed E-state index contributed by atoms with van der Waals surface area (Å²) >= 11 is 4.90. The Morgan fingerprint density at radius 2 is 2.25 bits per heavy atom. The topological polar surface area (TPSA) is 29.3 Å². The third-order valence-corrected chi connectivity index (χ3v) is 2.99. The van der Waals surface area contributed by atoms with Gasteiger partial charge in [0.1, 0.15) is 0 Å². The first-order chi connectivity index (χ1) is 5.61. The second-order valence-corrected chi connectivity index (χ2v) is 4.32. The minimum absolute atomic E-state index is 0.621. The van der Waals surface area contributed by atoms with Crippen LogP contribution >= 0.6 is 12.2 Å². The fourth-order valence-corrected chi connectivity index (χ4v) is 2.01. The first kappa shape index (κ1) is 9.93. The van der Waals surface area contributed by atoms with Gasteiger partial charge in [0.05, 0.1) is 4.99 Å². The number of likely N-dealkylation sites (tertiary alicyclic amines) is 1. The fourth-order valence-electron chi connectivity index (χ4n) is 1.84. The number of piperidine rings is 1. The summed E-state index contributed by atoms with van der Waals surface area (Å²) in [5.41, 5.74) is 5.52. The zero-order valence-corrected chi connectivity index (χ0v) is 8.73. The van der Waals surface area contributed by atoms with Crippen molar-refractivity contribution in [2.75, 3.05) is 13.1 Å². The Labute approximate surface area is 80.1 Å². The maximum absolute atomic E-state index is 5.52. The van der Waals surface area contributed by atoms with Gasteiger partial charge in [-0.3, -0.25) is 4.90 Å². The van der Waals surface area contributed by atoms with E-state index >= 15 is 0 Å². The molecule has 1 heterocycles. The van der Waals surface area contributed by atoms with Gasteiger partial charge in [-0.25, -0.2) is 0 Å². The SMILES string of the molecule is CC1CCCN(CC(N)=S)C1C. The van der Waals surface area contributed by atoms with Crippen LogP contribution in [0.4, 0.5) is 0 Å². The molecular formula is C9H18N2S. The van der Waals surface area contributed by atoms with Crippen LogP contribution in [-0.4, -0.2) is 29.0 Å². The third-order valence-electron chi connectivity index (χ3n) is 2.86. The number of hydrogen-bond donors (Lipinski definition) is 1. The van der Waals surface area contributed by atoms with Gasteiger partial charge < -0.3 is 5.73 Å². The molecule has 3 heteroatoms. The molecule has 70 valence electrons. The van der Waals surface area contributed by atoms with Gasteiger partial charge in [-0.05, 0) is 32.2 Å². The van der Waals surface area contributed by atoms with Crippen molar-refractivity contribution in [1.29, 1.82) is 0 Å². The van der Waals surface area contributed by atoms with Crippen molar-refractivity contribution < 1.29 is 0 Å². The Bertz CT molecular complexity index is 170. The van der Waals surface area contributed by atoms with Crippen molar-refractivity contribution in [3.63, 3.8) is 0 Å². The molecule has 2 nitrogen and oxygen atoms in total. The highest BCUT2D eigenvalue weighted by Crippen LogP contribution is 2.22. The largest absolute Gasteiger partial charge is 0.392 e. The average molecular weight is 186 g/mol. The van der Waals surface area contributed by atoms with Crippen molar-refractivity contribution in [3.8, 4) is 0 Å². The highest BCUT2D eigenvalue weighted by molar-refractivity contribution is 7.80. The summed E-state index contributed by atoms with van der Waals surface area (Å²) in [6.07, 6.45) is 2.63. The van der Waals surface area contributed by atoms with E-state index in [9.17, 15) is 0 Å². The Kier molecular flexibility index (Phi) is 3.47. The molecule has 1 rings (SSSR count). The Hall–Kier alpha value is -0.150. The normalized spacial score (nSPS) is 31.8. The van der Waals surface area contributed by atoms with Gasteiger partial charge in [-0.1, -0.05) is 19.1 Å². The van der Waals surface area contributed by atoms with E-state index in [0.29, 0.717) is 11.0 Å². The number of nitrogens with two attached hydrogens (primary N) is 1. The molecule has 1 aliphatic rings. The van der Waals surface area contributed by atoms with Gasteiger partial charge in [0, 0.05) is 12.6 Å². The molecule has 0 aromatic carbocycles. The molecule has 0 radical (unpaired) electrons. The van der Waals surface area contributed by atoms with Crippen molar-refractivity contribution in [2.45, 2.75) is 32.7 Å². The predicted octanol–water partition coefficient (Wildman–Crippen LogP) is 1.39. The molecule has 0 aromatic rings. The molecule has 0 bridgehead atoms. The highest BCUT2D eigenvalue weighted by atomic mass is 32.1. The third kappa shape index (κ3) is 2.42. The van der Waals surface area contributed by atoms with Crippen LogP contribution in [0.3, 0.4) is 0 Å². The summed E-state index contributed by atoms with van der Waals surface area (Å²) < 4.78 is 0. The van der Waals surface area contributed by atoms with E-state index in [0.717, 1.165) is 19.0 Å². The smallest absolute Gasteiger partial charge is 0.0870 e. The highest BCUT2D eigenvalue weighted by Gasteiger charge is 2.24. The minimum atomic E-state index is 0.621. The Balaban J connectivity index is 2.46. The molecule has 12 heavy (non-hydrogen) atoms. The molecule has 2 unspecified atom stereocenters. The number of thiocarbonyl (C=S) groups is 1. The van der Waals surface area contributed by atoms with Crippen LogP contribution in [0.25, 0.3) is 0 Å². The minimum Gasteiger partial charge on any atom is -0.392 e. The van der Waals surface area contributed by atoms with Crippen molar-refractivity contribution >= 4 is 17.2 Å². The lowest BCUT2D eigenvalue weighted by molar-refractivity contribution is 0.133. The molecule has 1 aliphatic heterocycles. The second kappa shape index (κ2) is 4.19. The van der Waals surface area contributed by atoms with Crippen LogP contribution in [0.5, 0.6) is 0 Å². The monoisotopic (exact) mass is 186 g/mol. The molecule has 1 fully saturated rings. The number of rotatable bonds is 2. The molecular weight excluding hydrogens is 168 g/mol. The maximum Gasteiger partial charge on any atom is 0.0870 e. The van der Waals surface area contributed by atoms with Crippen molar-refractivity contribution in [2.24, 2.45) is 11.7 Å². The van der Waals surface area contributed by atoms with Crippen LogP contribution in [-0.2, 0) is 0 Å². The molecule has 2 atom stereocenters. The van der Waals surface area contributed by atoms with Gasteiger partial charge in [0.25, 0.3) is 0 Å². The lowest BCUT2D eigenvalue weighted by atomic mass is 9.92. The summed E-state index contributed by atoms with van der Waals surface area (Å²) in [5.74, 6) is 0.785. The average Bonchev–Trinajstić information content (AvgIpc) is 1.98. The van der Waals surface area contributed by atoms with Crippen molar-refractivity contribution in [3.05, 3.63) is 0 Å². The molecule has 0 aromatic heterocycles. The quantitative estimate of drug-likeness (QED) is 0.661. The first-order valence-electron chi connectivity index (χ1n) is 4.63. The van der Waals surface area contributed by atoms with Crippen LogP contribution < -0.4 is 5.73 Å². The predicted molar refractivity (Wildman–Crippen MR) is 56.2 cm³/mol. The van der Waals surface area contributed by atoms with Gasteiger partial charge in [-0.15, -0.1) is 0 Å². The summed E-state index contributed by atoms with van der Waals surface area (Å²) in [6.45, 7) is 6.52. The lowest BCUT2D eigenvalue weighted by Gasteiger charge is -2.37. The van der Waals surface area contributed by atoms with Crippen LogP contribution in [0, 0.1) is 5.92 Å². The van der Waals surface area contributed by atoms with Gasteiger partial charge in [-0.2, -0.15) is 0 Å². The molecule has 0 saturated carbocycles. The second-order valence-electron chi connectivity index (χ2n) is 3.80. The summed E-state index contributed by atoms with van der Waals surface area (Å²) in [6, 6.07) is 0.639. The van der Waals surface area contributed by atoms with E-state index in [1.807, 2.05) is 0 Å². The molecule has 0 aliphatic carbocycles. The molecule has 2 N–H and O–H groups in total. The summed E-state index contributed by atoms with van der Waals surface area (Å²) in [5, 5.41) is 0. The van der Waals surface area contributed by atoms with E-state index in [4.69, 9.17) is 18.0 Å². The summed E-state index contributed by atoms with van der Waals surface area (Å²) in [7, 11) is 0. The van der Waals surface area contributed by atoms with Gasteiger partial charge >= 0.3 is 0 Å². The number of nitrogens with zero attached hydrogens (tertiary/aromatic N) is 1. The van der Waals surface area contributed by atoms with E-state index < -0.39 is 0 Å². The zero-order valence-electron chi connectivity index (χ0n) is 7.92. The van der Waals surface area contributed by atoms with E-state index in [-0.39, 0.29) is 0 Å². The summed E-state index contributed by atoms with van der Waals surface area (Å²) in [4.78, 5) is 3.01. The van der Waals surface area contributed by atoms with E-state index in [2.05, 4.69) is 18.7 Å². The molecule has 1 saturated heterocycles. The zero-order chi connectivity index (χ0) is 9.14. The van der Waals surface area contributed by atoms with Crippen LogP contribution in [0.1, 0.15) is 26.7 Å². The van der Waals surface area contributed by atoms with Crippen LogP contribution in [0.2, 0.25) is 0 Å². The first-order valence-corrected chi connectivity index (χ1v) is 5.04. The Morgan fingerprint density at radius 1 is 1.58 bits per heavy atom. The maximum atomic E-state index is 5.52. The van der Waals surface area contributed by atoms with Gasteiger partial charge in [0.15, 0.2) is 0 Å².